The fourth-order valence-electron chi connectivity index (χ4n) is 2.70. The number of fused-ring (bicyclic) bond motifs is 1. The van der Waals surface area contributed by atoms with Crippen molar-refractivity contribution in [2.24, 2.45) is 7.05 Å². The SMILES string of the molecule is Cn1c(CN2CCCC2)nc2c(F)cc(C(=O)O)cc21. The van der Waals surface area contributed by atoms with Crippen LogP contribution in [-0.4, -0.2) is 38.6 Å². The third-order valence-electron chi connectivity index (χ3n) is 3.84. The van der Waals surface area contributed by atoms with Gasteiger partial charge in [-0.2, -0.15) is 0 Å². The summed E-state index contributed by atoms with van der Waals surface area (Å²) >= 11 is 0. The van der Waals surface area contributed by atoms with Gasteiger partial charge in [-0.1, -0.05) is 0 Å². The van der Waals surface area contributed by atoms with Gasteiger partial charge in [0.1, 0.15) is 11.3 Å². The van der Waals surface area contributed by atoms with Crippen molar-refractivity contribution in [3.05, 3.63) is 29.3 Å². The van der Waals surface area contributed by atoms with Crippen LogP contribution in [0.2, 0.25) is 0 Å². The number of aryl methyl sites for hydroxylation is 1. The summed E-state index contributed by atoms with van der Waals surface area (Å²) in [5.74, 6) is -0.945. The molecule has 20 heavy (non-hydrogen) atoms. The third kappa shape index (κ3) is 2.16. The minimum absolute atomic E-state index is 0.0503. The minimum atomic E-state index is -1.13. The zero-order chi connectivity index (χ0) is 14.3. The first-order valence-electron chi connectivity index (χ1n) is 6.67. The molecule has 2 aromatic rings. The number of carboxylic acids is 1. The Labute approximate surface area is 115 Å². The Morgan fingerprint density at radius 2 is 2.10 bits per heavy atom. The second-order valence-corrected chi connectivity index (χ2v) is 5.20. The van der Waals surface area contributed by atoms with E-state index in [2.05, 4.69) is 9.88 Å². The number of imidazole rings is 1. The zero-order valence-corrected chi connectivity index (χ0v) is 11.3. The lowest BCUT2D eigenvalue weighted by molar-refractivity contribution is 0.0696. The third-order valence-corrected chi connectivity index (χ3v) is 3.84. The predicted octanol–water partition coefficient (Wildman–Crippen LogP) is 2.01. The van der Waals surface area contributed by atoms with Crippen LogP contribution in [0.15, 0.2) is 12.1 Å². The van der Waals surface area contributed by atoms with Crippen molar-refractivity contribution < 1.29 is 14.3 Å². The molecule has 106 valence electrons. The van der Waals surface area contributed by atoms with Crippen molar-refractivity contribution >= 4 is 17.0 Å². The van der Waals surface area contributed by atoms with E-state index >= 15 is 0 Å². The van der Waals surface area contributed by atoms with Crippen molar-refractivity contribution in [2.45, 2.75) is 19.4 Å². The van der Waals surface area contributed by atoms with E-state index in [1.54, 1.807) is 11.6 Å². The molecule has 0 aliphatic carbocycles. The molecular formula is C14H16FN3O2. The highest BCUT2D eigenvalue weighted by atomic mass is 19.1. The molecule has 0 atom stereocenters. The molecule has 0 radical (unpaired) electrons. The molecule has 1 aliphatic heterocycles. The molecular weight excluding hydrogens is 261 g/mol. The standard InChI is InChI=1S/C14H16FN3O2/c1-17-11-7-9(14(19)20)6-10(15)13(11)16-12(17)8-18-4-2-3-5-18/h6-7H,2-5,8H2,1H3,(H,19,20). The van der Waals surface area contributed by atoms with Gasteiger partial charge in [0.25, 0.3) is 0 Å². The molecule has 0 unspecified atom stereocenters. The maximum absolute atomic E-state index is 14.0. The van der Waals surface area contributed by atoms with Crippen LogP contribution < -0.4 is 0 Å². The van der Waals surface area contributed by atoms with Crippen LogP contribution in [0, 0.1) is 5.82 Å². The van der Waals surface area contributed by atoms with Crippen molar-refractivity contribution in [3.8, 4) is 0 Å². The predicted molar refractivity (Wildman–Crippen MR) is 72.1 cm³/mol. The van der Waals surface area contributed by atoms with E-state index < -0.39 is 11.8 Å². The second-order valence-electron chi connectivity index (χ2n) is 5.20. The molecule has 5 nitrogen and oxygen atoms in total. The van der Waals surface area contributed by atoms with E-state index in [1.165, 1.54) is 18.9 Å². The monoisotopic (exact) mass is 277 g/mol. The van der Waals surface area contributed by atoms with Crippen LogP contribution in [0.25, 0.3) is 11.0 Å². The normalized spacial score (nSPS) is 16.1. The van der Waals surface area contributed by atoms with Crippen LogP contribution >= 0.6 is 0 Å². The first-order valence-corrected chi connectivity index (χ1v) is 6.67. The topological polar surface area (TPSA) is 58.4 Å². The molecule has 0 bridgehead atoms. The van der Waals surface area contributed by atoms with Gasteiger partial charge >= 0.3 is 5.97 Å². The Balaban J connectivity index is 2.04. The summed E-state index contributed by atoms with van der Waals surface area (Å²) in [6.45, 7) is 2.74. The summed E-state index contributed by atoms with van der Waals surface area (Å²) in [5, 5.41) is 8.99. The number of carboxylic acid groups (broad SMARTS) is 1. The van der Waals surface area contributed by atoms with Gasteiger partial charge < -0.3 is 9.67 Å². The van der Waals surface area contributed by atoms with Crippen LogP contribution in [0.4, 0.5) is 4.39 Å². The Morgan fingerprint density at radius 1 is 1.40 bits per heavy atom. The number of halogens is 1. The number of aromatic carboxylic acids is 1. The molecule has 1 aromatic carbocycles. The van der Waals surface area contributed by atoms with Gasteiger partial charge in [-0.25, -0.2) is 14.2 Å². The van der Waals surface area contributed by atoms with Crippen LogP contribution in [0.5, 0.6) is 0 Å². The average molecular weight is 277 g/mol. The Bertz CT molecular complexity index is 675. The van der Waals surface area contributed by atoms with Crippen LogP contribution in [0.3, 0.4) is 0 Å². The number of aromatic nitrogens is 2. The molecule has 1 aromatic heterocycles. The van der Waals surface area contributed by atoms with Gasteiger partial charge in [-0.15, -0.1) is 0 Å². The Hall–Kier alpha value is -1.95. The highest BCUT2D eigenvalue weighted by Crippen LogP contribution is 2.22. The van der Waals surface area contributed by atoms with Gasteiger partial charge in [0, 0.05) is 7.05 Å². The average Bonchev–Trinajstić information content (AvgIpc) is 3.01. The molecule has 1 aliphatic rings. The molecule has 3 rings (SSSR count). The number of carbonyl (C=O) groups is 1. The fourth-order valence-corrected chi connectivity index (χ4v) is 2.70. The van der Waals surface area contributed by atoms with Crippen molar-refractivity contribution in [3.63, 3.8) is 0 Å². The van der Waals surface area contributed by atoms with Gasteiger partial charge in [-0.05, 0) is 38.1 Å². The Kier molecular flexibility index (Phi) is 3.17. The lowest BCUT2D eigenvalue weighted by Gasteiger charge is -2.13. The first kappa shape index (κ1) is 13.1. The molecule has 6 heteroatoms. The van der Waals surface area contributed by atoms with Gasteiger partial charge in [-0.3, -0.25) is 4.90 Å². The number of hydrogen-bond acceptors (Lipinski definition) is 3. The van der Waals surface area contributed by atoms with E-state index in [0.717, 1.165) is 25.0 Å². The summed E-state index contributed by atoms with van der Waals surface area (Å²) in [6, 6.07) is 2.50. The van der Waals surface area contributed by atoms with Gasteiger partial charge in [0.2, 0.25) is 0 Å². The molecule has 0 amide bonds. The van der Waals surface area contributed by atoms with E-state index in [1.807, 2.05) is 0 Å². The number of rotatable bonds is 3. The lowest BCUT2D eigenvalue weighted by Crippen LogP contribution is -2.20. The van der Waals surface area contributed by atoms with Crippen LogP contribution in [-0.2, 0) is 13.6 Å². The number of likely N-dealkylation sites (tertiary alicyclic amines) is 1. The first-order chi connectivity index (χ1) is 9.56. The van der Waals surface area contributed by atoms with Crippen molar-refractivity contribution in [1.29, 1.82) is 0 Å². The highest BCUT2D eigenvalue weighted by Gasteiger charge is 2.19. The smallest absolute Gasteiger partial charge is 0.335 e. The summed E-state index contributed by atoms with van der Waals surface area (Å²) < 4.78 is 15.7. The molecule has 1 saturated heterocycles. The summed E-state index contributed by atoms with van der Waals surface area (Å²) in [5.41, 5.74) is 0.717. The van der Waals surface area contributed by atoms with Crippen molar-refractivity contribution in [1.82, 2.24) is 14.5 Å². The van der Waals surface area contributed by atoms with Gasteiger partial charge in [0.05, 0.1) is 17.6 Å². The molecule has 1 N–H and O–H groups in total. The molecule has 0 saturated carbocycles. The van der Waals surface area contributed by atoms with E-state index in [0.29, 0.717) is 12.1 Å². The maximum atomic E-state index is 14.0. The number of nitrogens with zero attached hydrogens (tertiary/aromatic N) is 3. The highest BCUT2D eigenvalue weighted by molar-refractivity contribution is 5.92. The lowest BCUT2D eigenvalue weighted by atomic mass is 10.2. The zero-order valence-electron chi connectivity index (χ0n) is 11.3. The minimum Gasteiger partial charge on any atom is -0.478 e. The van der Waals surface area contributed by atoms with E-state index in [9.17, 15) is 9.18 Å². The largest absolute Gasteiger partial charge is 0.478 e. The number of hydrogen-bond donors (Lipinski definition) is 1. The summed E-state index contributed by atoms with van der Waals surface area (Å²) in [6.07, 6.45) is 2.36. The molecule has 0 spiro atoms. The van der Waals surface area contributed by atoms with E-state index in [-0.39, 0.29) is 11.1 Å². The van der Waals surface area contributed by atoms with E-state index in [4.69, 9.17) is 5.11 Å². The van der Waals surface area contributed by atoms with Crippen molar-refractivity contribution in [2.75, 3.05) is 13.1 Å². The quantitative estimate of drug-likeness (QED) is 0.932. The maximum Gasteiger partial charge on any atom is 0.335 e. The fraction of sp³-hybridized carbons (Fsp3) is 0.429. The second kappa shape index (κ2) is 4.86. The number of benzene rings is 1. The summed E-state index contributed by atoms with van der Waals surface area (Å²) in [4.78, 5) is 17.6. The Morgan fingerprint density at radius 3 is 2.75 bits per heavy atom. The van der Waals surface area contributed by atoms with Crippen LogP contribution in [0.1, 0.15) is 29.0 Å². The summed E-state index contributed by atoms with van der Waals surface area (Å²) in [7, 11) is 1.80. The molecule has 2 heterocycles. The molecule has 1 fully saturated rings. The van der Waals surface area contributed by atoms with Gasteiger partial charge in [0.15, 0.2) is 5.82 Å².